The molecule has 1 aromatic heterocycles. The Morgan fingerprint density at radius 3 is 2.42 bits per heavy atom. The molecule has 0 aliphatic rings. The van der Waals surface area contributed by atoms with Crippen molar-refractivity contribution in [3.63, 3.8) is 0 Å². The van der Waals surface area contributed by atoms with E-state index in [1.807, 2.05) is 0 Å². The van der Waals surface area contributed by atoms with Gasteiger partial charge in [0.15, 0.2) is 0 Å². The van der Waals surface area contributed by atoms with Gasteiger partial charge in [-0.2, -0.15) is 0 Å². The molecule has 0 amide bonds. The molecule has 3 aromatic rings. The summed E-state index contributed by atoms with van der Waals surface area (Å²) in [5.74, 6) is 0. The Balaban J connectivity index is 1.78. The van der Waals surface area contributed by atoms with E-state index in [1.165, 1.54) is 33.9 Å². The van der Waals surface area contributed by atoms with Crippen molar-refractivity contribution in [3.05, 3.63) is 42.5 Å². The lowest BCUT2D eigenvalue weighted by Crippen LogP contribution is -2.25. The maximum atomic E-state index is 3.60. The first kappa shape index (κ1) is 16.8. The number of anilines is 1. The Labute approximate surface area is 145 Å². The molecule has 3 rings (SSSR count). The molecule has 0 aliphatic heterocycles. The number of fused-ring (bicyclic) bond motifs is 3. The van der Waals surface area contributed by atoms with Gasteiger partial charge in [0.2, 0.25) is 0 Å². The molecule has 0 fully saturated rings. The number of aromatic nitrogens is 1. The van der Waals surface area contributed by atoms with Gasteiger partial charge in [-0.25, -0.2) is 0 Å². The Morgan fingerprint density at radius 1 is 0.917 bits per heavy atom. The van der Waals surface area contributed by atoms with Gasteiger partial charge in [0, 0.05) is 40.6 Å². The van der Waals surface area contributed by atoms with E-state index in [0.717, 1.165) is 32.7 Å². The summed E-state index contributed by atoms with van der Waals surface area (Å²) in [5, 5.41) is 6.29. The van der Waals surface area contributed by atoms with Gasteiger partial charge in [-0.1, -0.05) is 32.0 Å². The molecule has 0 atom stereocenters. The fourth-order valence-corrected chi connectivity index (χ4v) is 3.58. The second-order valence-corrected chi connectivity index (χ2v) is 6.30. The van der Waals surface area contributed by atoms with Crippen LogP contribution in [0.5, 0.6) is 0 Å². The predicted octanol–water partition coefficient (Wildman–Crippen LogP) is 4.96. The zero-order valence-corrected chi connectivity index (χ0v) is 15.2. The Hall–Kier alpha value is -2.00. The van der Waals surface area contributed by atoms with E-state index in [-0.39, 0.29) is 0 Å². The van der Waals surface area contributed by atoms with E-state index in [2.05, 4.69) is 78.0 Å². The third-order valence-electron chi connectivity index (χ3n) is 4.96. The molecule has 3 heteroatoms. The van der Waals surface area contributed by atoms with Gasteiger partial charge < -0.3 is 14.8 Å². The van der Waals surface area contributed by atoms with Gasteiger partial charge in [0.05, 0.1) is 0 Å². The van der Waals surface area contributed by atoms with Gasteiger partial charge in [-0.3, -0.25) is 0 Å². The highest BCUT2D eigenvalue weighted by atomic mass is 15.1. The first-order valence-corrected chi connectivity index (χ1v) is 9.25. The topological polar surface area (TPSA) is 20.2 Å². The number of rotatable bonds is 8. The zero-order chi connectivity index (χ0) is 16.9. The number of aryl methyl sites for hydroxylation is 1. The third kappa shape index (κ3) is 3.27. The van der Waals surface area contributed by atoms with Crippen molar-refractivity contribution < 1.29 is 0 Å². The highest BCUT2D eigenvalue weighted by molar-refractivity contribution is 6.09. The lowest BCUT2D eigenvalue weighted by molar-refractivity contribution is 0.303. The van der Waals surface area contributed by atoms with Crippen LogP contribution in [0.3, 0.4) is 0 Å². The molecule has 0 radical (unpaired) electrons. The largest absolute Gasteiger partial charge is 0.385 e. The van der Waals surface area contributed by atoms with Crippen molar-refractivity contribution in [1.29, 1.82) is 0 Å². The summed E-state index contributed by atoms with van der Waals surface area (Å²) in [4.78, 5) is 2.47. The van der Waals surface area contributed by atoms with Crippen LogP contribution in [0, 0.1) is 0 Å². The lowest BCUT2D eigenvalue weighted by atomic mass is 10.1. The maximum absolute atomic E-state index is 3.60. The highest BCUT2D eigenvalue weighted by Gasteiger charge is 2.09. The molecule has 0 spiro atoms. The van der Waals surface area contributed by atoms with Crippen LogP contribution in [-0.2, 0) is 6.54 Å². The van der Waals surface area contributed by atoms with Crippen molar-refractivity contribution >= 4 is 27.5 Å². The maximum Gasteiger partial charge on any atom is 0.0492 e. The Morgan fingerprint density at radius 2 is 1.67 bits per heavy atom. The molecule has 3 nitrogen and oxygen atoms in total. The van der Waals surface area contributed by atoms with Gasteiger partial charge in [0.1, 0.15) is 0 Å². The average molecular weight is 323 g/mol. The monoisotopic (exact) mass is 323 g/mol. The minimum Gasteiger partial charge on any atom is -0.385 e. The number of nitrogens with zero attached hydrogens (tertiary/aromatic N) is 2. The van der Waals surface area contributed by atoms with Gasteiger partial charge in [0.25, 0.3) is 0 Å². The summed E-state index contributed by atoms with van der Waals surface area (Å²) in [7, 11) is 0. The molecule has 0 saturated heterocycles. The highest BCUT2D eigenvalue weighted by Crippen LogP contribution is 2.30. The van der Waals surface area contributed by atoms with E-state index < -0.39 is 0 Å². The van der Waals surface area contributed by atoms with E-state index >= 15 is 0 Å². The minimum absolute atomic E-state index is 1.00. The van der Waals surface area contributed by atoms with Crippen molar-refractivity contribution in [2.45, 2.75) is 33.7 Å². The van der Waals surface area contributed by atoms with E-state index in [9.17, 15) is 0 Å². The van der Waals surface area contributed by atoms with E-state index in [4.69, 9.17) is 0 Å². The molecule has 1 heterocycles. The van der Waals surface area contributed by atoms with Crippen LogP contribution in [0.1, 0.15) is 27.2 Å². The molecule has 1 N–H and O–H groups in total. The first-order valence-electron chi connectivity index (χ1n) is 9.25. The van der Waals surface area contributed by atoms with Crippen molar-refractivity contribution in [2.75, 3.05) is 31.5 Å². The zero-order valence-electron chi connectivity index (χ0n) is 15.2. The lowest BCUT2D eigenvalue weighted by Gasteiger charge is -2.18. The molecule has 0 bridgehead atoms. The summed E-state index contributed by atoms with van der Waals surface area (Å²) in [6.45, 7) is 12.1. The van der Waals surface area contributed by atoms with Crippen LogP contribution in [-0.4, -0.2) is 35.6 Å². The summed E-state index contributed by atoms with van der Waals surface area (Å²) < 4.78 is 2.40. The smallest absolute Gasteiger partial charge is 0.0492 e. The number of nitrogens with one attached hydrogen (secondary N) is 1. The fraction of sp³-hybridized carbons (Fsp3) is 0.429. The SMILES string of the molecule is CCN(CC)CCCNc1ccc2c(c1)c1ccccc1n2CC. The number of para-hydroxylation sites is 1. The average Bonchev–Trinajstić information content (AvgIpc) is 2.95. The van der Waals surface area contributed by atoms with Crippen molar-refractivity contribution in [1.82, 2.24) is 9.47 Å². The summed E-state index contributed by atoms with van der Waals surface area (Å²) in [5.41, 5.74) is 3.88. The van der Waals surface area contributed by atoms with E-state index in [0.29, 0.717) is 0 Å². The first-order chi connectivity index (χ1) is 11.8. The van der Waals surface area contributed by atoms with Crippen LogP contribution < -0.4 is 5.32 Å². The van der Waals surface area contributed by atoms with Crippen LogP contribution in [0.15, 0.2) is 42.5 Å². The van der Waals surface area contributed by atoms with Crippen LogP contribution in [0.2, 0.25) is 0 Å². The Kier molecular flexibility index (Phi) is 5.41. The number of hydrogen-bond acceptors (Lipinski definition) is 2. The quantitative estimate of drug-likeness (QED) is 0.591. The molecule has 24 heavy (non-hydrogen) atoms. The summed E-state index contributed by atoms with van der Waals surface area (Å²) >= 11 is 0. The van der Waals surface area contributed by atoms with Crippen LogP contribution in [0.25, 0.3) is 21.8 Å². The van der Waals surface area contributed by atoms with Crippen LogP contribution in [0.4, 0.5) is 5.69 Å². The number of hydrogen-bond donors (Lipinski definition) is 1. The summed E-state index contributed by atoms with van der Waals surface area (Å²) in [6, 6.07) is 15.5. The van der Waals surface area contributed by atoms with Gasteiger partial charge in [-0.15, -0.1) is 0 Å². The fourth-order valence-electron chi connectivity index (χ4n) is 3.58. The van der Waals surface area contributed by atoms with Crippen molar-refractivity contribution in [2.24, 2.45) is 0 Å². The summed E-state index contributed by atoms with van der Waals surface area (Å²) in [6.07, 6.45) is 1.18. The number of benzene rings is 2. The molecule has 0 saturated carbocycles. The molecular weight excluding hydrogens is 294 g/mol. The second kappa shape index (κ2) is 7.71. The molecule has 0 aliphatic carbocycles. The third-order valence-corrected chi connectivity index (χ3v) is 4.96. The predicted molar refractivity (Wildman–Crippen MR) is 106 cm³/mol. The molecule has 0 unspecified atom stereocenters. The Bertz CT molecular complexity index is 799. The normalized spacial score (nSPS) is 11.7. The standard InChI is InChI=1S/C21H29N3/c1-4-23(5-2)15-9-14-22-17-12-13-21-19(16-17)18-10-7-8-11-20(18)24(21)6-3/h7-8,10-13,16,22H,4-6,9,14-15H2,1-3H3. The van der Waals surface area contributed by atoms with E-state index in [1.54, 1.807) is 0 Å². The molecule has 2 aromatic carbocycles. The second-order valence-electron chi connectivity index (χ2n) is 6.30. The van der Waals surface area contributed by atoms with Gasteiger partial charge >= 0.3 is 0 Å². The minimum atomic E-state index is 1.00. The molecule has 128 valence electrons. The van der Waals surface area contributed by atoms with Crippen LogP contribution >= 0.6 is 0 Å². The van der Waals surface area contributed by atoms with Crippen molar-refractivity contribution in [3.8, 4) is 0 Å². The van der Waals surface area contributed by atoms with Gasteiger partial charge in [-0.05, 0) is 57.2 Å². The molecular formula is C21H29N3.